The van der Waals surface area contributed by atoms with Crippen LogP contribution in [0.3, 0.4) is 0 Å². The van der Waals surface area contributed by atoms with Gasteiger partial charge in [-0.25, -0.2) is 0 Å². The van der Waals surface area contributed by atoms with Gasteiger partial charge in [0.15, 0.2) is 0 Å². The molecule has 3 nitrogen and oxygen atoms in total. The lowest BCUT2D eigenvalue weighted by atomic mass is 10.2. The Labute approximate surface area is 100 Å². The van der Waals surface area contributed by atoms with Crippen LogP contribution in [0.2, 0.25) is 0 Å². The third-order valence-corrected chi connectivity index (χ3v) is 4.28. The van der Waals surface area contributed by atoms with Gasteiger partial charge in [-0.3, -0.25) is 4.21 Å². The van der Waals surface area contributed by atoms with Crippen molar-refractivity contribution >= 4 is 38.1 Å². The Hall–Kier alpha value is -0.550. The van der Waals surface area contributed by atoms with Crippen molar-refractivity contribution in [1.29, 1.82) is 0 Å². The lowest BCUT2D eigenvalue weighted by molar-refractivity contribution is 0.673. The molecule has 1 saturated heterocycles. The number of rotatable bonds is 1. The minimum absolute atomic E-state index is 0.641. The zero-order valence-electron chi connectivity index (χ0n) is 8.28. The van der Waals surface area contributed by atoms with Gasteiger partial charge in [-0.05, 0) is 18.2 Å². The molecule has 1 heterocycles. The normalized spacial score (nSPS) is 18.1. The van der Waals surface area contributed by atoms with Crippen molar-refractivity contribution in [3.8, 4) is 0 Å². The second kappa shape index (κ2) is 4.53. The zero-order chi connectivity index (χ0) is 10.8. The van der Waals surface area contributed by atoms with Crippen LogP contribution in [0.15, 0.2) is 22.7 Å². The van der Waals surface area contributed by atoms with Crippen LogP contribution in [0.1, 0.15) is 0 Å². The molecular formula is C10H13BrN2OS. The molecule has 0 radical (unpaired) electrons. The molecule has 0 aliphatic carbocycles. The highest BCUT2D eigenvalue weighted by Crippen LogP contribution is 2.27. The van der Waals surface area contributed by atoms with Crippen LogP contribution in [0.4, 0.5) is 11.4 Å². The average Bonchev–Trinajstić information content (AvgIpc) is 2.23. The van der Waals surface area contributed by atoms with E-state index in [0.29, 0.717) is 0 Å². The van der Waals surface area contributed by atoms with Crippen LogP contribution in [0, 0.1) is 0 Å². The Balaban J connectivity index is 2.21. The molecule has 2 N–H and O–H groups in total. The van der Waals surface area contributed by atoms with Crippen molar-refractivity contribution in [2.75, 3.05) is 35.2 Å². The molecule has 0 amide bonds. The topological polar surface area (TPSA) is 46.3 Å². The van der Waals surface area contributed by atoms with Crippen LogP contribution in [0.5, 0.6) is 0 Å². The first-order valence-corrected chi connectivity index (χ1v) is 7.10. The summed E-state index contributed by atoms with van der Waals surface area (Å²) in [5.41, 5.74) is 7.74. The standard InChI is InChI=1S/C10H13BrN2OS/c11-8-1-2-9(12)10(7-8)13-3-5-15(14)6-4-13/h1-2,7H,3-6,12H2. The van der Waals surface area contributed by atoms with E-state index in [4.69, 9.17) is 5.73 Å². The second-order valence-corrected chi connectivity index (χ2v) is 6.15. The van der Waals surface area contributed by atoms with E-state index in [1.165, 1.54) is 0 Å². The smallest absolute Gasteiger partial charge is 0.0611 e. The fraction of sp³-hybridized carbons (Fsp3) is 0.400. The molecule has 0 spiro atoms. The van der Waals surface area contributed by atoms with E-state index >= 15 is 0 Å². The molecule has 1 aliphatic heterocycles. The summed E-state index contributed by atoms with van der Waals surface area (Å²) in [6, 6.07) is 5.84. The summed E-state index contributed by atoms with van der Waals surface area (Å²) in [6.07, 6.45) is 0. The minimum Gasteiger partial charge on any atom is -0.397 e. The molecule has 15 heavy (non-hydrogen) atoms. The highest BCUT2D eigenvalue weighted by molar-refractivity contribution is 9.10. The van der Waals surface area contributed by atoms with E-state index in [9.17, 15) is 4.21 Å². The first-order valence-electron chi connectivity index (χ1n) is 4.82. The van der Waals surface area contributed by atoms with Gasteiger partial charge in [-0.1, -0.05) is 15.9 Å². The summed E-state index contributed by atoms with van der Waals surface area (Å²) in [5, 5.41) is 0. The molecular weight excluding hydrogens is 276 g/mol. The van der Waals surface area contributed by atoms with Gasteiger partial charge in [0, 0.05) is 39.9 Å². The van der Waals surface area contributed by atoms with Gasteiger partial charge in [-0.2, -0.15) is 0 Å². The summed E-state index contributed by atoms with van der Waals surface area (Å²) in [7, 11) is -0.641. The maximum atomic E-state index is 11.2. The first kappa shape index (κ1) is 11.0. The first-order chi connectivity index (χ1) is 7.16. The summed E-state index contributed by atoms with van der Waals surface area (Å²) in [4.78, 5) is 2.20. The molecule has 82 valence electrons. The molecule has 0 atom stereocenters. The van der Waals surface area contributed by atoms with Crippen molar-refractivity contribution in [3.05, 3.63) is 22.7 Å². The van der Waals surface area contributed by atoms with Crippen LogP contribution in [0.25, 0.3) is 0 Å². The van der Waals surface area contributed by atoms with Gasteiger partial charge in [0.1, 0.15) is 0 Å². The van der Waals surface area contributed by atoms with Gasteiger partial charge < -0.3 is 10.6 Å². The van der Waals surface area contributed by atoms with Crippen molar-refractivity contribution in [2.45, 2.75) is 0 Å². The average molecular weight is 289 g/mol. The van der Waals surface area contributed by atoms with Crippen LogP contribution < -0.4 is 10.6 Å². The summed E-state index contributed by atoms with van der Waals surface area (Å²) < 4.78 is 12.3. The number of hydrogen-bond donors (Lipinski definition) is 1. The Bertz CT molecular complexity index is 387. The number of nitrogens with zero attached hydrogens (tertiary/aromatic N) is 1. The molecule has 5 heteroatoms. The fourth-order valence-electron chi connectivity index (χ4n) is 1.67. The van der Waals surface area contributed by atoms with Gasteiger partial charge in [0.05, 0.1) is 11.4 Å². The van der Waals surface area contributed by atoms with Crippen molar-refractivity contribution in [1.82, 2.24) is 0 Å². The third kappa shape index (κ3) is 2.52. The zero-order valence-corrected chi connectivity index (χ0v) is 10.7. The Morgan fingerprint density at radius 2 is 2.00 bits per heavy atom. The van der Waals surface area contributed by atoms with E-state index < -0.39 is 10.8 Å². The Morgan fingerprint density at radius 1 is 1.33 bits per heavy atom. The van der Waals surface area contributed by atoms with Gasteiger partial charge >= 0.3 is 0 Å². The molecule has 0 unspecified atom stereocenters. The summed E-state index contributed by atoms with van der Waals surface area (Å²) >= 11 is 3.43. The quantitative estimate of drug-likeness (QED) is 0.799. The molecule has 1 aromatic carbocycles. The Kier molecular flexibility index (Phi) is 3.31. The fourth-order valence-corrected chi connectivity index (χ4v) is 3.07. The number of halogens is 1. The molecule has 1 aliphatic rings. The van der Waals surface area contributed by atoms with Crippen molar-refractivity contribution in [2.24, 2.45) is 0 Å². The molecule has 0 aromatic heterocycles. The molecule has 1 fully saturated rings. The monoisotopic (exact) mass is 288 g/mol. The van der Waals surface area contributed by atoms with E-state index in [1.54, 1.807) is 0 Å². The van der Waals surface area contributed by atoms with Crippen molar-refractivity contribution in [3.63, 3.8) is 0 Å². The summed E-state index contributed by atoms with van der Waals surface area (Å²) in [5.74, 6) is 1.48. The van der Waals surface area contributed by atoms with Crippen LogP contribution in [-0.4, -0.2) is 28.8 Å². The number of hydrogen-bond acceptors (Lipinski definition) is 3. The van der Waals surface area contributed by atoms with Crippen molar-refractivity contribution < 1.29 is 4.21 Å². The largest absolute Gasteiger partial charge is 0.397 e. The molecule has 1 aromatic rings. The van der Waals surface area contributed by atoms with Gasteiger partial charge in [0.25, 0.3) is 0 Å². The van der Waals surface area contributed by atoms with E-state index in [-0.39, 0.29) is 0 Å². The van der Waals surface area contributed by atoms with E-state index in [1.807, 2.05) is 18.2 Å². The Morgan fingerprint density at radius 3 is 2.67 bits per heavy atom. The van der Waals surface area contributed by atoms with E-state index in [2.05, 4.69) is 20.8 Å². The maximum absolute atomic E-state index is 11.2. The molecule has 0 saturated carbocycles. The number of anilines is 2. The SMILES string of the molecule is Nc1ccc(Br)cc1N1CCS(=O)CC1. The highest BCUT2D eigenvalue weighted by atomic mass is 79.9. The van der Waals surface area contributed by atoms with Crippen LogP contribution >= 0.6 is 15.9 Å². The molecule has 2 rings (SSSR count). The minimum atomic E-state index is -0.641. The van der Waals surface area contributed by atoms with E-state index in [0.717, 1.165) is 40.4 Å². The number of nitrogen functional groups attached to an aromatic ring is 1. The predicted molar refractivity (Wildman–Crippen MR) is 68.6 cm³/mol. The maximum Gasteiger partial charge on any atom is 0.0611 e. The lowest BCUT2D eigenvalue weighted by Gasteiger charge is -2.29. The van der Waals surface area contributed by atoms with Crippen LogP contribution in [-0.2, 0) is 10.8 Å². The van der Waals surface area contributed by atoms with Gasteiger partial charge in [-0.15, -0.1) is 0 Å². The van der Waals surface area contributed by atoms with Gasteiger partial charge in [0.2, 0.25) is 0 Å². The summed E-state index contributed by atoms with van der Waals surface area (Å²) in [6.45, 7) is 1.65. The lowest BCUT2D eigenvalue weighted by Crippen LogP contribution is -2.38. The molecule has 0 bridgehead atoms. The number of nitrogens with two attached hydrogens (primary N) is 1. The predicted octanol–water partition coefficient (Wildman–Crippen LogP) is 1.60. The third-order valence-electron chi connectivity index (χ3n) is 2.51. The number of benzene rings is 1. The highest BCUT2D eigenvalue weighted by Gasteiger charge is 2.17. The second-order valence-electron chi connectivity index (χ2n) is 3.54.